The van der Waals surface area contributed by atoms with E-state index in [9.17, 15) is 5.11 Å². The summed E-state index contributed by atoms with van der Waals surface area (Å²) in [6.07, 6.45) is 0. The number of para-hydroxylation sites is 2. The normalized spacial score (nSPS) is 12.3. The highest BCUT2D eigenvalue weighted by atomic mass is 31.1. The molecule has 262 valence electrons. The van der Waals surface area contributed by atoms with Crippen LogP contribution < -0.4 is 34.7 Å². The number of rotatable bonds is 10. The van der Waals surface area contributed by atoms with E-state index in [0.717, 1.165) is 44.0 Å². The third kappa shape index (κ3) is 8.20. The minimum absolute atomic E-state index is 0.0343. The van der Waals surface area contributed by atoms with Crippen molar-refractivity contribution in [2.24, 2.45) is 0 Å². The molecule has 50 heavy (non-hydrogen) atoms. The Kier molecular flexibility index (Phi) is 10.8. The van der Waals surface area contributed by atoms with Crippen LogP contribution in [-0.2, 0) is 10.8 Å². The van der Waals surface area contributed by atoms with Crippen molar-refractivity contribution in [2.45, 2.75) is 72.0 Å². The third-order valence-corrected chi connectivity index (χ3v) is 12.2. The summed E-state index contributed by atoms with van der Waals surface area (Å²) in [5.41, 5.74) is 3.27. The van der Waals surface area contributed by atoms with Gasteiger partial charge in [0.05, 0.1) is 33.2 Å². The Morgan fingerprint density at radius 1 is 0.560 bits per heavy atom. The third-order valence-electron chi connectivity index (χ3n) is 8.74. The maximum atomic E-state index is 12.3. The molecule has 0 spiro atoms. The SMILES string of the molecule is COc1cc(C(C)(C)C)cc(OC)c1-c1c(Pc2c(Oc3ccccc3)cc(C(C)(C)C)cc2Oc2ccccc2)ccc([Si](C)(C)C)c1O. The molecule has 1 atom stereocenters. The summed E-state index contributed by atoms with van der Waals surface area (Å²) in [4.78, 5) is 0. The van der Waals surface area contributed by atoms with Gasteiger partial charge in [-0.25, -0.2) is 0 Å². The summed E-state index contributed by atoms with van der Waals surface area (Å²) in [5.74, 6) is 4.42. The molecular weight excluding hydrogens is 656 g/mol. The largest absolute Gasteiger partial charge is 0.507 e. The summed E-state index contributed by atoms with van der Waals surface area (Å²) < 4.78 is 25.6. The van der Waals surface area contributed by atoms with Gasteiger partial charge in [0, 0.05) is 5.56 Å². The number of hydrogen-bond acceptors (Lipinski definition) is 5. The van der Waals surface area contributed by atoms with Crippen LogP contribution in [0.5, 0.6) is 40.2 Å². The van der Waals surface area contributed by atoms with Gasteiger partial charge in [0.25, 0.3) is 0 Å². The van der Waals surface area contributed by atoms with Gasteiger partial charge in [-0.15, -0.1) is 0 Å². The highest BCUT2D eigenvalue weighted by molar-refractivity contribution is 7.56. The van der Waals surface area contributed by atoms with Crippen LogP contribution >= 0.6 is 8.58 Å². The van der Waals surface area contributed by atoms with Crippen LogP contribution in [0.15, 0.2) is 97.1 Å². The molecule has 0 aliphatic rings. The van der Waals surface area contributed by atoms with E-state index < -0.39 is 8.07 Å². The van der Waals surface area contributed by atoms with E-state index >= 15 is 0 Å². The molecule has 0 aliphatic heterocycles. The number of ether oxygens (including phenoxy) is 4. The van der Waals surface area contributed by atoms with Gasteiger partial charge in [0.2, 0.25) is 0 Å². The molecule has 0 heterocycles. The first-order chi connectivity index (χ1) is 23.5. The van der Waals surface area contributed by atoms with Gasteiger partial charge in [-0.3, -0.25) is 0 Å². The molecule has 0 aromatic heterocycles. The van der Waals surface area contributed by atoms with E-state index in [1.807, 2.05) is 60.7 Å². The molecule has 0 saturated carbocycles. The summed E-state index contributed by atoms with van der Waals surface area (Å²) in [7, 11) is 1.40. The number of phenolic OH excluding ortho intramolecular Hbond substituents is 1. The predicted molar refractivity (Wildman–Crippen MR) is 214 cm³/mol. The summed E-state index contributed by atoms with van der Waals surface area (Å²) in [6.45, 7) is 19.8. The number of hydrogen-bond donors (Lipinski definition) is 1. The Morgan fingerprint density at radius 3 is 1.36 bits per heavy atom. The van der Waals surface area contributed by atoms with Gasteiger partial charge in [-0.2, -0.15) is 0 Å². The minimum Gasteiger partial charge on any atom is -0.507 e. The fourth-order valence-electron chi connectivity index (χ4n) is 5.82. The highest BCUT2D eigenvalue weighted by Gasteiger charge is 2.31. The second-order valence-electron chi connectivity index (χ2n) is 15.7. The number of benzene rings is 5. The molecule has 0 fully saturated rings. The van der Waals surface area contributed by atoms with E-state index in [4.69, 9.17) is 18.9 Å². The number of methoxy groups -OCH3 is 2. The average molecular weight is 707 g/mol. The molecule has 5 rings (SSSR count). The molecule has 1 N–H and O–H groups in total. The van der Waals surface area contributed by atoms with Gasteiger partial charge in [0.1, 0.15) is 40.2 Å². The van der Waals surface area contributed by atoms with Crippen LogP contribution in [0, 0.1) is 0 Å². The molecule has 0 aliphatic carbocycles. The average Bonchev–Trinajstić information content (AvgIpc) is 3.05. The molecular formula is C43H51O5PSi. The molecule has 5 aromatic rings. The number of phenols is 1. The summed E-state index contributed by atoms with van der Waals surface area (Å²) in [5, 5.41) is 15.1. The lowest BCUT2D eigenvalue weighted by molar-refractivity contribution is 0.393. The first-order valence-electron chi connectivity index (χ1n) is 17.1. The van der Waals surface area contributed by atoms with Crippen LogP contribution in [0.2, 0.25) is 19.6 Å². The maximum Gasteiger partial charge on any atom is 0.139 e. The lowest BCUT2D eigenvalue weighted by Crippen LogP contribution is -2.38. The molecule has 7 heteroatoms. The Labute approximate surface area is 301 Å². The van der Waals surface area contributed by atoms with Crippen molar-refractivity contribution >= 4 is 32.5 Å². The predicted octanol–water partition coefficient (Wildman–Crippen LogP) is 10.4. The topological polar surface area (TPSA) is 57.2 Å². The van der Waals surface area contributed by atoms with E-state index in [0.29, 0.717) is 28.6 Å². The van der Waals surface area contributed by atoms with Crippen LogP contribution in [0.4, 0.5) is 0 Å². The summed E-state index contributed by atoms with van der Waals surface area (Å²) in [6, 6.07) is 32.3. The van der Waals surface area contributed by atoms with Crippen molar-refractivity contribution < 1.29 is 24.1 Å². The highest BCUT2D eigenvalue weighted by Crippen LogP contribution is 2.47. The minimum atomic E-state index is -1.98. The van der Waals surface area contributed by atoms with Crippen molar-refractivity contribution in [3.63, 3.8) is 0 Å². The zero-order valence-electron chi connectivity index (χ0n) is 31.3. The van der Waals surface area contributed by atoms with Crippen LogP contribution in [0.3, 0.4) is 0 Å². The second kappa shape index (κ2) is 14.5. The standard InChI is InChI=1S/C43H51O5PSi/c1-42(2,3)28-24-32(45-7)38(33(25-28)46-8)39-36(22-23-37(40(39)44)50(9,10)11)49-41-34(47-30-18-14-12-15-19-30)26-29(43(4,5)6)27-35(41)48-31-20-16-13-17-21-31/h12-27,44,49H,1-11H3. The fraction of sp³-hybridized carbons (Fsp3) is 0.302. The van der Waals surface area contributed by atoms with E-state index in [2.05, 4.69) is 97.6 Å². The van der Waals surface area contributed by atoms with Gasteiger partial charge >= 0.3 is 0 Å². The van der Waals surface area contributed by atoms with Crippen LogP contribution in [-0.4, -0.2) is 27.4 Å². The Hall–Kier alpha value is -4.25. The lowest BCUT2D eigenvalue weighted by Gasteiger charge is -2.27. The smallest absolute Gasteiger partial charge is 0.139 e. The quantitative estimate of drug-likeness (QED) is 0.116. The first-order valence-corrected chi connectivity index (χ1v) is 21.6. The Balaban J connectivity index is 1.83. The zero-order chi connectivity index (χ0) is 36.4. The van der Waals surface area contributed by atoms with Crippen LogP contribution in [0.25, 0.3) is 11.1 Å². The Bertz CT molecular complexity index is 1870. The molecule has 0 amide bonds. The van der Waals surface area contributed by atoms with Gasteiger partial charge in [-0.05, 0) is 81.0 Å². The van der Waals surface area contributed by atoms with Crippen molar-refractivity contribution in [2.75, 3.05) is 14.2 Å². The monoisotopic (exact) mass is 706 g/mol. The van der Waals surface area contributed by atoms with Crippen molar-refractivity contribution in [3.8, 4) is 51.4 Å². The molecule has 0 radical (unpaired) electrons. The van der Waals surface area contributed by atoms with Crippen molar-refractivity contribution in [3.05, 3.63) is 108 Å². The zero-order valence-corrected chi connectivity index (χ0v) is 33.3. The molecule has 0 bridgehead atoms. The molecule has 1 unspecified atom stereocenters. The van der Waals surface area contributed by atoms with Crippen LogP contribution in [0.1, 0.15) is 52.7 Å². The van der Waals surface area contributed by atoms with Gasteiger partial charge in [-0.1, -0.05) is 118 Å². The van der Waals surface area contributed by atoms with E-state index in [1.54, 1.807) is 14.2 Å². The lowest BCUT2D eigenvalue weighted by atomic mass is 9.85. The van der Waals surface area contributed by atoms with Gasteiger partial charge < -0.3 is 24.1 Å². The van der Waals surface area contributed by atoms with E-state index in [-0.39, 0.29) is 25.2 Å². The van der Waals surface area contributed by atoms with Crippen molar-refractivity contribution in [1.82, 2.24) is 0 Å². The second-order valence-corrected chi connectivity index (χ2v) is 22.0. The molecule has 5 aromatic carbocycles. The maximum absolute atomic E-state index is 12.3. The first kappa shape index (κ1) is 37.0. The van der Waals surface area contributed by atoms with E-state index in [1.165, 1.54) is 0 Å². The Morgan fingerprint density at radius 2 is 0.980 bits per heavy atom. The van der Waals surface area contributed by atoms with Gasteiger partial charge in [0.15, 0.2) is 0 Å². The number of aromatic hydroxyl groups is 1. The molecule has 0 saturated heterocycles. The van der Waals surface area contributed by atoms with Crippen molar-refractivity contribution in [1.29, 1.82) is 0 Å². The molecule has 5 nitrogen and oxygen atoms in total. The fourth-order valence-corrected chi connectivity index (χ4v) is 8.53. The summed E-state index contributed by atoms with van der Waals surface area (Å²) >= 11 is 0.